The smallest absolute Gasteiger partial charge is 0.138 e. The number of Topliss-reactive ketones (excluding diaryl/α,β-unsaturated/α-hetero) is 1. The molecule has 1 rings (SSSR count). The predicted molar refractivity (Wildman–Crippen MR) is 57.0 cm³/mol. The zero-order chi connectivity index (χ0) is 10.8. The first-order valence-electron chi connectivity index (χ1n) is 5.62. The fourth-order valence-electron chi connectivity index (χ4n) is 1.97. The molecule has 14 heavy (non-hydrogen) atoms. The third kappa shape index (κ3) is 3.09. The summed E-state index contributed by atoms with van der Waals surface area (Å²) in [4.78, 5) is 11.8. The van der Waals surface area contributed by atoms with Gasteiger partial charge in [0.1, 0.15) is 5.78 Å². The van der Waals surface area contributed by atoms with Gasteiger partial charge in [-0.15, -0.1) is 0 Å². The molecule has 0 aromatic carbocycles. The number of carbonyl (C=O) groups excluding carboxylic acids is 1. The molecule has 1 fully saturated rings. The first-order valence-corrected chi connectivity index (χ1v) is 5.62. The van der Waals surface area contributed by atoms with Gasteiger partial charge in [0.2, 0.25) is 0 Å². The van der Waals surface area contributed by atoms with Crippen molar-refractivity contribution in [1.29, 1.82) is 0 Å². The number of aliphatic hydroxyl groups is 1. The molecule has 0 bridgehead atoms. The van der Waals surface area contributed by atoms with E-state index in [4.69, 9.17) is 0 Å². The van der Waals surface area contributed by atoms with E-state index < -0.39 is 0 Å². The summed E-state index contributed by atoms with van der Waals surface area (Å²) in [5.41, 5.74) is -0.253. The molecule has 2 nitrogen and oxygen atoms in total. The summed E-state index contributed by atoms with van der Waals surface area (Å²) >= 11 is 0. The van der Waals surface area contributed by atoms with E-state index in [9.17, 15) is 9.90 Å². The van der Waals surface area contributed by atoms with E-state index in [1.54, 1.807) is 0 Å². The molecule has 0 aliphatic heterocycles. The van der Waals surface area contributed by atoms with Crippen LogP contribution in [0.2, 0.25) is 0 Å². The Bertz CT molecular complexity index is 203. The molecule has 0 amide bonds. The van der Waals surface area contributed by atoms with Crippen molar-refractivity contribution in [3.63, 3.8) is 0 Å². The highest BCUT2D eigenvalue weighted by Gasteiger charge is 2.29. The molecule has 1 aliphatic rings. The maximum absolute atomic E-state index is 11.8. The van der Waals surface area contributed by atoms with E-state index in [-0.39, 0.29) is 23.2 Å². The maximum Gasteiger partial charge on any atom is 0.138 e. The Kier molecular flexibility index (Phi) is 3.71. The number of hydrogen-bond donors (Lipinski definition) is 1. The minimum absolute atomic E-state index is 0.218. The van der Waals surface area contributed by atoms with Crippen LogP contribution in [0.3, 0.4) is 0 Å². The van der Waals surface area contributed by atoms with Crippen molar-refractivity contribution in [3.05, 3.63) is 0 Å². The first kappa shape index (κ1) is 11.7. The quantitative estimate of drug-likeness (QED) is 0.740. The Labute approximate surface area is 86.7 Å². The lowest BCUT2D eigenvalue weighted by molar-refractivity contribution is -0.128. The zero-order valence-corrected chi connectivity index (χ0v) is 9.55. The van der Waals surface area contributed by atoms with Crippen molar-refractivity contribution < 1.29 is 9.90 Å². The van der Waals surface area contributed by atoms with E-state index in [0.29, 0.717) is 6.42 Å². The minimum atomic E-state index is -0.253. The summed E-state index contributed by atoms with van der Waals surface area (Å²) < 4.78 is 0. The average molecular weight is 198 g/mol. The third-order valence-electron chi connectivity index (χ3n) is 3.15. The lowest BCUT2D eigenvalue weighted by atomic mass is 9.78. The molecule has 1 aliphatic carbocycles. The van der Waals surface area contributed by atoms with Gasteiger partial charge in [-0.25, -0.2) is 0 Å². The van der Waals surface area contributed by atoms with Gasteiger partial charge in [-0.1, -0.05) is 33.6 Å². The van der Waals surface area contributed by atoms with Crippen LogP contribution in [-0.2, 0) is 4.79 Å². The van der Waals surface area contributed by atoms with Crippen molar-refractivity contribution in [3.8, 4) is 0 Å². The molecule has 0 aromatic rings. The molecular formula is C12H22O2. The van der Waals surface area contributed by atoms with Crippen LogP contribution in [0.4, 0.5) is 0 Å². The van der Waals surface area contributed by atoms with Crippen LogP contribution < -0.4 is 0 Å². The van der Waals surface area contributed by atoms with Gasteiger partial charge in [-0.05, 0) is 18.8 Å². The second-order valence-corrected chi connectivity index (χ2v) is 5.49. The van der Waals surface area contributed by atoms with Gasteiger partial charge in [-0.2, -0.15) is 0 Å². The number of carbonyl (C=O) groups is 1. The van der Waals surface area contributed by atoms with Gasteiger partial charge < -0.3 is 5.11 Å². The zero-order valence-electron chi connectivity index (χ0n) is 9.55. The van der Waals surface area contributed by atoms with Crippen LogP contribution in [0.1, 0.15) is 52.9 Å². The Morgan fingerprint density at radius 2 is 1.86 bits per heavy atom. The van der Waals surface area contributed by atoms with E-state index in [1.165, 1.54) is 6.42 Å². The van der Waals surface area contributed by atoms with Crippen molar-refractivity contribution in [2.45, 2.75) is 59.0 Å². The molecule has 0 saturated heterocycles. The van der Waals surface area contributed by atoms with E-state index in [2.05, 4.69) is 0 Å². The first-order chi connectivity index (χ1) is 6.41. The summed E-state index contributed by atoms with van der Waals surface area (Å²) in [6.07, 6.45) is 4.49. The molecule has 2 heteroatoms. The maximum atomic E-state index is 11.8. The van der Waals surface area contributed by atoms with Crippen LogP contribution in [0.5, 0.6) is 0 Å². The van der Waals surface area contributed by atoms with Crippen molar-refractivity contribution in [2.24, 2.45) is 11.3 Å². The highest BCUT2D eigenvalue weighted by molar-refractivity contribution is 5.83. The fraction of sp³-hybridized carbons (Fsp3) is 0.917. The molecule has 82 valence electrons. The third-order valence-corrected chi connectivity index (χ3v) is 3.15. The minimum Gasteiger partial charge on any atom is -0.393 e. The topological polar surface area (TPSA) is 37.3 Å². The molecular weight excluding hydrogens is 176 g/mol. The van der Waals surface area contributed by atoms with Gasteiger partial charge >= 0.3 is 0 Å². The lowest BCUT2D eigenvalue weighted by Crippen LogP contribution is -2.30. The summed E-state index contributed by atoms with van der Waals surface area (Å²) in [6.45, 7) is 5.85. The lowest BCUT2D eigenvalue weighted by Gasteiger charge is -2.29. The van der Waals surface area contributed by atoms with E-state index in [0.717, 1.165) is 19.3 Å². The molecule has 0 radical (unpaired) electrons. The van der Waals surface area contributed by atoms with Crippen LogP contribution in [0.25, 0.3) is 0 Å². The second kappa shape index (κ2) is 4.43. The monoisotopic (exact) mass is 198 g/mol. The Balaban J connectivity index is 2.46. The largest absolute Gasteiger partial charge is 0.393 e. The van der Waals surface area contributed by atoms with Crippen LogP contribution in [0, 0.1) is 11.3 Å². The molecule has 2 unspecified atom stereocenters. The van der Waals surface area contributed by atoms with Gasteiger partial charge in [0.25, 0.3) is 0 Å². The molecule has 0 heterocycles. The standard InChI is InChI=1S/C12H22O2/c1-12(2,3)11(14)8-9-6-4-5-7-10(9)13/h9-10,13H,4-8H2,1-3H3. The van der Waals surface area contributed by atoms with Gasteiger partial charge in [0.15, 0.2) is 0 Å². The normalized spacial score (nSPS) is 28.9. The Morgan fingerprint density at radius 1 is 1.29 bits per heavy atom. The SMILES string of the molecule is CC(C)(C)C(=O)CC1CCCCC1O. The van der Waals surface area contributed by atoms with Crippen molar-refractivity contribution in [2.75, 3.05) is 0 Å². The molecule has 1 saturated carbocycles. The second-order valence-electron chi connectivity index (χ2n) is 5.49. The fourth-order valence-corrected chi connectivity index (χ4v) is 1.97. The predicted octanol–water partition coefficient (Wildman–Crippen LogP) is 2.54. The Hall–Kier alpha value is -0.370. The van der Waals surface area contributed by atoms with E-state index in [1.807, 2.05) is 20.8 Å². The highest BCUT2D eigenvalue weighted by atomic mass is 16.3. The number of rotatable bonds is 2. The Morgan fingerprint density at radius 3 is 2.36 bits per heavy atom. The summed E-state index contributed by atoms with van der Waals surface area (Å²) in [7, 11) is 0. The van der Waals surface area contributed by atoms with Gasteiger partial charge in [-0.3, -0.25) is 4.79 Å². The number of hydrogen-bond acceptors (Lipinski definition) is 2. The van der Waals surface area contributed by atoms with Gasteiger partial charge in [0, 0.05) is 11.8 Å². The van der Waals surface area contributed by atoms with Crippen LogP contribution in [-0.4, -0.2) is 17.0 Å². The van der Waals surface area contributed by atoms with Crippen molar-refractivity contribution in [1.82, 2.24) is 0 Å². The summed E-state index contributed by atoms with van der Waals surface area (Å²) in [5, 5.41) is 9.73. The molecule has 2 atom stereocenters. The molecule has 0 spiro atoms. The van der Waals surface area contributed by atoms with Crippen LogP contribution >= 0.6 is 0 Å². The highest BCUT2D eigenvalue weighted by Crippen LogP contribution is 2.30. The molecule has 0 aromatic heterocycles. The van der Waals surface area contributed by atoms with Crippen LogP contribution in [0.15, 0.2) is 0 Å². The number of aliphatic hydroxyl groups excluding tert-OH is 1. The summed E-state index contributed by atoms with van der Waals surface area (Å²) in [5.74, 6) is 0.499. The summed E-state index contributed by atoms with van der Waals surface area (Å²) in [6, 6.07) is 0. The van der Waals surface area contributed by atoms with Crippen molar-refractivity contribution >= 4 is 5.78 Å². The van der Waals surface area contributed by atoms with E-state index >= 15 is 0 Å². The average Bonchev–Trinajstić information content (AvgIpc) is 2.07. The van der Waals surface area contributed by atoms with Gasteiger partial charge in [0.05, 0.1) is 6.10 Å². The molecule has 1 N–H and O–H groups in total. The number of ketones is 1.